The predicted octanol–water partition coefficient (Wildman–Crippen LogP) is 5.28. The number of hydrogen-bond acceptors (Lipinski definition) is 5. The summed E-state index contributed by atoms with van der Waals surface area (Å²) >= 11 is 3.28. The third-order valence-electron chi connectivity index (χ3n) is 4.38. The molecular weight excluding hydrogens is 340 g/mol. The third kappa shape index (κ3) is 2.31. The Bertz CT molecular complexity index is 907. The quantitative estimate of drug-likeness (QED) is 0.473. The van der Waals surface area contributed by atoms with E-state index in [-0.39, 0.29) is 5.97 Å². The van der Waals surface area contributed by atoms with E-state index in [1.165, 1.54) is 17.6 Å². The first-order chi connectivity index (χ1) is 11.7. The van der Waals surface area contributed by atoms with Crippen molar-refractivity contribution in [1.82, 2.24) is 0 Å². The van der Waals surface area contributed by atoms with Gasteiger partial charge in [0, 0.05) is 32.9 Å². The first-order valence-electron chi connectivity index (χ1n) is 7.67. The number of aryl methyl sites for hydroxylation is 2. The normalized spacial score (nSPS) is 12.6. The molecule has 2 aromatic heterocycles. The summed E-state index contributed by atoms with van der Waals surface area (Å²) < 4.78 is 10.7. The van der Waals surface area contributed by atoms with Crippen LogP contribution in [0.1, 0.15) is 21.7 Å². The van der Waals surface area contributed by atoms with Crippen molar-refractivity contribution < 1.29 is 13.9 Å². The second-order valence-corrected chi connectivity index (χ2v) is 7.36. The average Bonchev–Trinajstić information content (AvgIpc) is 3.30. The van der Waals surface area contributed by atoms with Gasteiger partial charge in [-0.2, -0.15) is 0 Å². The minimum absolute atomic E-state index is 0.289. The summed E-state index contributed by atoms with van der Waals surface area (Å²) in [5.74, 6) is 0.659. The Morgan fingerprint density at radius 1 is 1.29 bits per heavy atom. The Balaban J connectivity index is 2.08. The number of benzene rings is 1. The van der Waals surface area contributed by atoms with E-state index in [4.69, 9.17) is 9.15 Å². The summed E-state index contributed by atoms with van der Waals surface area (Å²) in [7, 11) is 1.44. The van der Waals surface area contributed by atoms with Gasteiger partial charge in [0.1, 0.15) is 5.76 Å². The summed E-state index contributed by atoms with van der Waals surface area (Å²) in [5.41, 5.74) is 4.95. The molecule has 0 amide bonds. The predicted molar refractivity (Wildman–Crippen MR) is 98.0 cm³/mol. The highest BCUT2D eigenvalue weighted by atomic mass is 32.2. The molecule has 0 saturated heterocycles. The third-order valence-corrected chi connectivity index (χ3v) is 6.11. The SMILES string of the molecule is COC(=O)c1c(SC)c(-c2cccs2)cc2c1-c1ccoc1CC2. The maximum absolute atomic E-state index is 12.7. The highest BCUT2D eigenvalue weighted by Crippen LogP contribution is 2.45. The van der Waals surface area contributed by atoms with Gasteiger partial charge >= 0.3 is 5.97 Å². The fraction of sp³-hybridized carbons (Fsp3) is 0.211. The summed E-state index contributed by atoms with van der Waals surface area (Å²) in [6, 6.07) is 8.32. The lowest BCUT2D eigenvalue weighted by molar-refractivity contribution is 0.0597. The van der Waals surface area contributed by atoms with Gasteiger partial charge in [0.15, 0.2) is 0 Å². The first kappa shape index (κ1) is 15.5. The van der Waals surface area contributed by atoms with Crippen LogP contribution in [0.15, 0.2) is 45.2 Å². The Labute approximate surface area is 148 Å². The van der Waals surface area contributed by atoms with E-state index in [9.17, 15) is 4.79 Å². The molecule has 24 heavy (non-hydrogen) atoms. The molecule has 0 atom stereocenters. The Hall–Kier alpha value is -1.98. The van der Waals surface area contributed by atoms with Crippen molar-refractivity contribution in [3.8, 4) is 21.6 Å². The van der Waals surface area contributed by atoms with Gasteiger partial charge < -0.3 is 9.15 Å². The van der Waals surface area contributed by atoms with Gasteiger partial charge in [-0.25, -0.2) is 4.79 Å². The van der Waals surface area contributed by atoms with Crippen LogP contribution in [-0.4, -0.2) is 19.3 Å². The summed E-state index contributed by atoms with van der Waals surface area (Å²) in [6.45, 7) is 0. The number of methoxy groups -OCH3 is 1. The lowest BCUT2D eigenvalue weighted by Crippen LogP contribution is -2.12. The smallest absolute Gasteiger partial charge is 0.339 e. The van der Waals surface area contributed by atoms with Crippen molar-refractivity contribution in [3.05, 3.63) is 52.8 Å². The monoisotopic (exact) mass is 356 g/mol. The molecule has 1 aliphatic rings. The zero-order chi connectivity index (χ0) is 16.7. The molecule has 3 aromatic rings. The number of fused-ring (bicyclic) bond motifs is 3. The number of carbonyl (C=O) groups is 1. The zero-order valence-electron chi connectivity index (χ0n) is 13.4. The number of ether oxygens (including phenoxy) is 1. The molecule has 1 aromatic carbocycles. The van der Waals surface area contributed by atoms with Crippen molar-refractivity contribution >= 4 is 29.1 Å². The van der Waals surface area contributed by atoms with Crippen LogP contribution >= 0.6 is 23.1 Å². The molecule has 2 heterocycles. The fourth-order valence-electron chi connectivity index (χ4n) is 3.35. The summed E-state index contributed by atoms with van der Waals surface area (Å²) in [5, 5.41) is 2.06. The van der Waals surface area contributed by atoms with Crippen molar-refractivity contribution in [2.24, 2.45) is 0 Å². The summed E-state index contributed by atoms with van der Waals surface area (Å²) in [6.07, 6.45) is 5.43. The molecule has 0 unspecified atom stereocenters. The minimum atomic E-state index is -0.289. The second-order valence-electron chi connectivity index (χ2n) is 5.59. The maximum Gasteiger partial charge on any atom is 0.339 e. The van der Waals surface area contributed by atoms with Crippen LogP contribution < -0.4 is 0 Å². The Morgan fingerprint density at radius 3 is 2.88 bits per heavy atom. The van der Waals surface area contributed by atoms with Crippen LogP contribution in [0.25, 0.3) is 21.6 Å². The number of esters is 1. The molecule has 4 rings (SSSR count). The molecule has 0 fully saturated rings. The van der Waals surface area contributed by atoms with E-state index in [0.717, 1.165) is 40.2 Å². The molecule has 5 heteroatoms. The van der Waals surface area contributed by atoms with Crippen LogP contribution in [0.3, 0.4) is 0 Å². The molecule has 122 valence electrons. The lowest BCUT2D eigenvalue weighted by atomic mass is 9.85. The van der Waals surface area contributed by atoms with Crippen LogP contribution in [0, 0.1) is 0 Å². The van der Waals surface area contributed by atoms with Crippen LogP contribution in [0.2, 0.25) is 0 Å². The van der Waals surface area contributed by atoms with Gasteiger partial charge in [0.25, 0.3) is 0 Å². The van der Waals surface area contributed by atoms with Crippen LogP contribution in [0.4, 0.5) is 0 Å². The molecule has 0 spiro atoms. The average molecular weight is 356 g/mol. The van der Waals surface area contributed by atoms with Crippen LogP contribution in [0.5, 0.6) is 0 Å². The van der Waals surface area contributed by atoms with Gasteiger partial charge in [0.2, 0.25) is 0 Å². The molecule has 3 nitrogen and oxygen atoms in total. The molecule has 0 aliphatic heterocycles. The second kappa shape index (κ2) is 6.15. The van der Waals surface area contributed by atoms with Crippen molar-refractivity contribution in [3.63, 3.8) is 0 Å². The lowest BCUT2D eigenvalue weighted by Gasteiger charge is -2.22. The number of furan rings is 1. The molecule has 1 aliphatic carbocycles. The number of thiophene rings is 1. The Morgan fingerprint density at radius 2 is 2.17 bits per heavy atom. The van der Waals surface area contributed by atoms with E-state index in [2.05, 4.69) is 17.5 Å². The standard InChI is InChI=1S/C19H16O3S2/c1-21-19(20)17-16-11(5-6-14-12(16)7-8-22-14)10-13(18(17)23-2)15-4-3-9-24-15/h3-4,7-10H,5-6H2,1-2H3. The number of hydrogen-bond donors (Lipinski definition) is 0. The minimum Gasteiger partial charge on any atom is -0.469 e. The van der Waals surface area contributed by atoms with E-state index >= 15 is 0 Å². The molecule has 0 N–H and O–H groups in total. The van der Waals surface area contributed by atoms with Crippen molar-refractivity contribution in [1.29, 1.82) is 0 Å². The van der Waals surface area contributed by atoms with Crippen LogP contribution in [-0.2, 0) is 17.6 Å². The van der Waals surface area contributed by atoms with Gasteiger partial charge in [-0.15, -0.1) is 23.1 Å². The van der Waals surface area contributed by atoms with Crippen molar-refractivity contribution in [2.75, 3.05) is 13.4 Å². The number of rotatable bonds is 3. The molecule has 0 saturated carbocycles. The van der Waals surface area contributed by atoms with E-state index < -0.39 is 0 Å². The number of thioether (sulfide) groups is 1. The fourth-order valence-corrected chi connectivity index (χ4v) is 4.95. The highest BCUT2D eigenvalue weighted by molar-refractivity contribution is 7.98. The van der Waals surface area contributed by atoms with Gasteiger partial charge in [-0.05, 0) is 41.8 Å². The first-order valence-corrected chi connectivity index (χ1v) is 9.77. The summed E-state index contributed by atoms with van der Waals surface area (Å²) in [4.78, 5) is 14.8. The van der Waals surface area contributed by atoms with Gasteiger partial charge in [-0.3, -0.25) is 0 Å². The van der Waals surface area contributed by atoms with Gasteiger partial charge in [0.05, 0.1) is 18.9 Å². The largest absolute Gasteiger partial charge is 0.469 e. The maximum atomic E-state index is 12.7. The molecule has 0 bridgehead atoms. The zero-order valence-corrected chi connectivity index (χ0v) is 15.1. The van der Waals surface area contributed by atoms with E-state index in [1.54, 1.807) is 29.4 Å². The molecular formula is C19H16O3S2. The Kier molecular flexibility index (Phi) is 3.98. The number of carbonyl (C=O) groups excluding carboxylic acids is 1. The van der Waals surface area contributed by atoms with Crippen molar-refractivity contribution in [2.45, 2.75) is 17.7 Å². The van der Waals surface area contributed by atoms with E-state index in [1.807, 2.05) is 18.4 Å². The van der Waals surface area contributed by atoms with E-state index in [0.29, 0.717) is 5.56 Å². The topological polar surface area (TPSA) is 39.4 Å². The molecule has 0 radical (unpaired) electrons. The van der Waals surface area contributed by atoms with Gasteiger partial charge in [-0.1, -0.05) is 6.07 Å². The highest BCUT2D eigenvalue weighted by Gasteiger charge is 2.29.